The number of amides is 1. The van der Waals surface area contributed by atoms with Crippen molar-refractivity contribution in [3.63, 3.8) is 0 Å². The van der Waals surface area contributed by atoms with Crippen LogP contribution in [0.5, 0.6) is 0 Å². The molecule has 2 aliphatic heterocycles. The predicted molar refractivity (Wildman–Crippen MR) is 107 cm³/mol. The summed E-state index contributed by atoms with van der Waals surface area (Å²) in [6.45, 7) is 4.20. The van der Waals surface area contributed by atoms with Crippen LogP contribution in [0.4, 0.5) is 0 Å². The monoisotopic (exact) mass is 368 g/mol. The van der Waals surface area contributed by atoms with Gasteiger partial charge in [-0.2, -0.15) is 0 Å². The maximum Gasteiger partial charge on any atom is 0.253 e. The minimum absolute atomic E-state index is 0.147. The topological polar surface area (TPSA) is 23.6 Å². The van der Waals surface area contributed by atoms with Crippen LogP contribution in [0.25, 0.3) is 11.1 Å². The molecule has 2 aromatic carbocycles. The minimum Gasteiger partial charge on any atom is -0.339 e. The third kappa shape index (κ3) is 3.79. The van der Waals surface area contributed by atoms with Gasteiger partial charge in [0, 0.05) is 29.7 Å². The zero-order valence-electron chi connectivity index (χ0n) is 15.0. The highest BCUT2D eigenvalue weighted by molar-refractivity contribution is 6.30. The third-order valence-electron chi connectivity index (χ3n) is 5.68. The lowest BCUT2D eigenvalue weighted by molar-refractivity contribution is 0.0644. The van der Waals surface area contributed by atoms with Gasteiger partial charge in [0.25, 0.3) is 5.91 Å². The first-order valence-corrected chi connectivity index (χ1v) is 9.98. The van der Waals surface area contributed by atoms with Crippen LogP contribution in [-0.2, 0) is 0 Å². The molecule has 3 nitrogen and oxygen atoms in total. The Morgan fingerprint density at radius 2 is 1.54 bits per heavy atom. The van der Waals surface area contributed by atoms with Crippen LogP contribution in [-0.4, -0.2) is 47.9 Å². The molecule has 4 heteroatoms. The Morgan fingerprint density at radius 3 is 2.23 bits per heavy atom. The van der Waals surface area contributed by atoms with E-state index >= 15 is 0 Å². The number of halogens is 1. The smallest absolute Gasteiger partial charge is 0.253 e. The molecule has 136 valence electrons. The van der Waals surface area contributed by atoms with Crippen molar-refractivity contribution in [2.75, 3.05) is 26.2 Å². The van der Waals surface area contributed by atoms with Gasteiger partial charge in [-0.15, -0.1) is 0 Å². The van der Waals surface area contributed by atoms with Gasteiger partial charge in [-0.1, -0.05) is 35.9 Å². The molecule has 2 aromatic rings. The molecular formula is C22H25ClN2O. The standard InChI is InChI=1S/C22H25ClN2O/c23-20-8-4-6-18(16-20)17-5-3-7-19(15-17)22(26)25-13-9-21(10-14-25)24-11-1-2-12-24/h3-8,15-16,21H,1-2,9-14H2. The first kappa shape index (κ1) is 17.6. The molecule has 0 atom stereocenters. The maximum absolute atomic E-state index is 13.0. The molecular weight excluding hydrogens is 344 g/mol. The normalized spacial score (nSPS) is 19.0. The summed E-state index contributed by atoms with van der Waals surface area (Å²) in [6, 6.07) is 16.3. The van der Waals surface area contributed by atoms with E-state index in [1.54, 1.807) is 0 Å². The van der Waals surface area contributed by atoms with Gasteiger partial charge in [0.05, 0.1) is 0 Å². The SMILES string of the molecule is O=C(c1cccc(-c2cccc(Cl)c2)c1)N1CCC(N2CCCC2)CC1. The molecule has 0 aliphatic carbocycles. The number of hydrogen-bond acceptors (Lipinski definition) is 2. The number of nitrogens with zero attached hydrogens (tertiary/aromatic N) is 2. The van der Waals surface area contributed by atoms with Gasteiger partial charge in [-0.3, -0.25) is 4.79 Å². The maximum atomic E-state index is 13.0. The van der Waals surface area contributed by atoms with Crippen LogP contribution < -0.4 is 0 Å². The number of piperidine rings is 1. The molecule has 0 unspecified atom stereocenters. The first-order valence-electron chi connectivity index (χ1n) is 9.60. The second-order valence-corrected chi connectivity index (χ2v) is 7.79. The molecule has 26 heavy (non-hydrogen) atoms. The molecule has 2 heterocycles. The summed E-state index contributed by atoms with van der Waals surface area (Å²) in [5, 5.41) is 0.711. The summed E-state index contributed by atoms with van der Waals surface area (Å²) >= 11 is 6.11. The van der Waals surface area contributed by atoms with Gasteiger partial charge in [-0.25, -0.2) is 0 Å². The van der Waals surface area contributed by atoms with Crippen LogP contribution in [0, 0.1) is 0 Å². The van der Waals surface area contributed by atoms with Crippen LogP contribution in [0.2, 0.25) is 5.02 Å². The fourth-order valence-electron chi connectivity index (χ4n) is 4.22. The highest BCUT2D eigenvalue weighted by Gasteiger charge is 2.28. The van der Waals surface area contributed by atoms with E-state index in [-0.39, 0.29) is 5.91 Å². The van der Waals surface area contributed by atoms with E-state index in [1.807, 2.05) is 53.4 Å². The second-order valence-electron chi connectivity index (χ2n) is 7.36. The van der Waals surface area contributed by atoms with Crippen molar-refractivity contribution in [1.29, 1.82) is 0 Å². The molecule has 0 aromatic heterocycles. The average molecular weight is 369 g/mol. The Bertz CT molecular complexity index is 777. The quantitative estimate of drug-likeness (QED) is 0.783. The Balaban J connectivity index is 1.44. The zero-order chi connectivity index (χ0) is 17.9. The van der Waals surface area contributed by atoms with Crippen molar-refractivity contribution < 1.29 is 4.79 Å². The zero-order valence-corrected chi connectivity index (χ0v) is 15.8. The predicted octanol–water partition coefficient (Wildman–Crippen LogP) is 4.71. The number of carbonyl (C=O) groups is 1. The van der Waals surface area contributed by atoms with Gasteiger partial charge in [-0.05, 0) is 74.2 Å². The molecule has 2 saturated heterocycles. The number of carbonyl (C=O) groups excluding carboxylic acids is 1. The Labute approximate surface area is 160 Å². The average Bonchev–Trinajstić information content (AvgIpc) is 3.22. The number of likely N-dealkylation sites (tertiary alicyclic amines) is 2. The molecule has 0 N–H and O–H groups in total. The summed E-state index contributed by atoms with van der Waals surface area (Å²) in [6.07, 6.45) is 4.85. The van der Waals surface area contributed by atoms with Gasteiger partial charge in [0.2, 0.25) is 0 Å². The molecule has 4 rings (SSSR count). The fourth-order valence-corrected chi connectivity index (χ4v) is 4.41. The van der Waals surface area contributed by atoms with Gasteiger partial charge >= 0.3 is 0 Å². The molecule has 0 bridgehead atoms. The summed E-state index contributed by atoms with van der Waals surface area (Å²) in [5.74, 6) is 0.147. The highest BCUT2D eigenvalue weighted by atomic mass is 35.5. The lowest BCUT2D eigenvalue weighted by Gasteiger charge is -2.36. The van der Waals surface area contributed by atoms with E-state index in [9.17, 15) is 4.79 Å². The summed E-state index contributed by atoms with van der Waals surface area (Å²) < 4.78 is 0. The van der Waals surface area contributed by atoms with E-state index in [0.29, 0.717) is 11.1 Å². The minimum atomic E-state index is 0.147. The van der Waals surface area contributed by atoms with Crippen molar-refractivity contribution >= 4 is 17.5 Å². The molecule has 2 aliphatic rings. The fraction of sp³-hybridized carbons (Fsp3) is 0.409. The Hall–Kier alpha value is -1.84. The second kappa shape index (κ2) is 7.81. The van der Waals surface area contributed by atoms with E-state index < -0.39 is 0 Å². The third-order valence-corrected chi connectivity index (χ3v) is 5.91. The lowest BCUT2D eigenvalue weighted by Crippen LogP contribution is -2.45. The number of hydrogen-bond donors (Lipinski definition) is 0. The summed E-state index contributed by atoms with van der Waals surface area (Å²) in [4.78, 5) is 17.6. The first-order chi connectivity index (χ1) is 12.7. The summed E-state index contributed by atoms with van der Waals surface area (Å²) in [7, 11) is 0. The van der Waals surface area contributed by atoms with Gasteiger partial charge < -0.3 is 9.80 Å². The molecule has 0 spiro atoms. The largest absolute Gasteiger partial charge is 0.339 e. The van der Waals surface area contributed by atoms with Crippen LogP contribution in [0.15, 0.2) is 48.5 Å². The van der Waals surface area contributed by atoms with Crippen LogP contribution in [0.3, 0.4) is 0 Å². The summed E-state index contributed by atoms with van der Waals surface area (Å²) in [5.41, 5.74) is 2.84. The molecule has 1 amide bonds. The highest BCUT2D eigenvalue weighted by Crippen LogP contribution is 2.25. The van der Waals surface area contributed by atoms with E-state index in [4.69, 9.17) is 11.6 Å². The molecule has 2 fully saturated rings. The van der Waals surface area contributed by atoms with E-state index in [0.717, 1.165) is 42.6 Å². The van der Waals surface area contributed by atoms with Gasteiger partial charge in [0.1, 0.15) is 0 Å². The number of benzene rings is 2. The number of rotatable bonds is 3. The van der Waals surface area contributed by atoms with Crippen molar-refractivity contribution in [2.45, 2.75) is 31.7 Å². The lowest BCUT2D eigenvalue weighted by atomic mass is 10.0. The molecule has 0 saturated carbocycles. The van der Waals surface area contributed by atoms with Crippen molar-refractivity contribution in [3.8, 4) is 11.1 Å². The molecule has 0 radical (unpaired) electrons. The van der Waals surface area contributed by atoms with E-state index in [2.05, 4.69) is 4.90 Å². The Kier molecular flexibility index (Phi) is 5.28. The van der Waals surface area contributed by atoms with Crippen LogP contribution >= 0.6 is 11.6 Å². The van der Waals surface area contributed by atoms with Gasteiger partial charge in [0.15, 0.2) is 0 Å². The van der Waals surface area contributed by atoms with Crippen LogP contribution in [0.1, 0.15) is 36.0 Å². The Morgan fingerprint density at radius 1 is 0.885 bits per heavy atom. The van der Waals surface area contributed by atoms with Crippen molar-refractivity contribution in [1.82, 2.24) is 9.80 Å². The van der Waals surface area contributed by atoms with Crippen molar-refractivity contribution in [2.24, 2.45) is 0 Å². The van der Waals surface area contributed by atoms with Crippen molar-refractivity contribution in [3.05, 3.63) is 59.1 Å². The van der Waals surface area contributed by atoms with E-state index in [1.165, 1.54) is 25.9 Å².